The van der Waals surface area contributed by atoms with Gasteiger partial charge in [-0.3, -0.25) is 4.98 Å². The summed E-state index contributed by atoms with van der Waals surface area (Å²) in [6, 6.07) is 9.04. The highest BCUT2D eigenvalue weighted by Crippen LogP contribution is 2.25. The minimum Gasteiger partial charge on any atom is -0.382 e. The Hall–Kier alpha value is -1.32. The van der Waals surface area contributed by atoms with Crippen molar-refractivity contribution < 1.29 is 0 Å². The van der Waals surface area contributed by atoms with Crippen molar-refractivity contribution in [2.75, 3.05) is 18.4 Å². The second-order valence-corrected chi connectivity index (χ2v) is 5.00. The molecule has 1 aliphatic rings. The van der Waals surface area contributed by atoms with E-state index in [1.807, 2.05) is 6.20 Å². The zero-order chi connectivity index (χ0) is 12.4. The summed E-state index contributed by atoms with van der Waals surface area (Å²) < 4.78 is 0. The maximum Gasteiger partial charge on any atom is 0.0751 e. The number of fused-ring (bicyclic) bond motifs is 1. The summed E-state index contributed by atoms with van der Waals surface area (Å²) in [4.78, 5) is 4.48. The maximum absolute atomic E-state index is 4.48. The molecule has 0 unspecified atom stereocenters. The third-order valence-corrected chi connectivity index (χ3v) is 3.67. The molecular weight excluding hydrogens is 258 g/mol. The van der Waals surface area contributed by atoms with E-state index >= 15 is 0 Å². The number of para-hydroxylation sites is 1. The van der Waals surface area contributed by atoms with Crippen LogP contribution in [0.4, 0.5) is 5.69 Å². The highest BCUT2D eigenvalue weighted by atomic mass is 35.5. The van der Waals surface area contributed by atoms with Crippen molar-refractivity contribution >= 4 is 29.0 Å². The monoisotopic (exact) mass is 277 g/mol. The summed E-state index contributed by atoms with van der Waals surface area (Å²) in [7, 11) is 0. The van der Waals surface area contributed by atoms with Crippen LogP contribution in [0.25, 0.3) is 10.9 Å². The molecule has 1 saturated heterocycles. The SMILES string of the molecule is Cc1cccc2c(NC3CCNCC3)ccnc12.Cl. The Morgan fingerprint density at radius 3 is 2.79 bits per heavy atom. The van der Waals surface area contributed by atoms with Crippen molar-refractivity contribution in [2.24, 2.45) is 0 Å². The Morgan fingerprint density at radius 1 is 1.21 bits per heavy atom. The molecule has 0 atom stereocenters. The largest absolute Gasteiger partial charge is 0.382 e. The fourth-order valence-corrected chi connectivity index (χ4v) is 2.64. The molecule has 102 valence electrons. The average Bonchev–Trinajstić information content (AvgIpc) is 2.41. The number of hydrogen-bond acceptors (Lipinski definition) is 3. The molecule has 0 saturated carbocycles. The van der Waals surface area contributed by atoms with Crippen LogP contribution in [0.1, 0.15) is 18.4 Å². The molecule has 3 rings (SSSR count). The van der Waals surface area contributed by atoms with E-state index in [2.05, 4.69) is 46.8 Å². The number of aryl methyl sites for hydroxylation is 1. The van der Waals surface area contributed by atoms with Crippen molar-refractivity contribution in [3.8, 4) is 0 Å². The number of pyridine rings is 1. The van der Waals surface area contributed by atoms with Crippen LogP contribution < -0.4 is 10.6 Å². The Labute approximate surface area is 120 Å². The van der Waals surface area contributed by atoms with Gasteiger partial charge in [0, 0.05) is 23.3 Å². The Balaban J connectivity index is 0.00000133. The number of halogens is 1. The molecule has 0 spiro atoms. The van der Waals surface area contributed by atoms with E-state index in [0.29, 0.717) is 6.04 Å². The molecule has 1 fully saturated rings. The summed E-state index contributed by atoms with van der Waals surface area (Å²) >= 11 is 0. The number of piperidine rings is 1. The van der Waals surface area contributed by atoms with Crippen LogP contribution >= 0.6 is 12.4 Å². The van der Waals surface area contributed by atoms with Crippen molar-refractivity contribution in [2.45, 2.75) is 25.8 Å². The molecule has 1 aromatic heterocycles. The molecule has 0 aliphatic carbocycles. The molecule has 1 aliphatic heterocycles. The number of aromatic nitrogens is 1. The molecule has 2 N–H and O–H groups in total. The lowest BCUT2D eigenvalue weighted by Gasteiger charge is -2.25. The van der Waals surface area contributed by atoms with Gasteiger partial charge < -0.3 is 10.6 Å². The molecule has 2 heterocycles. The third kappa shape index (κ3) is 2.99. The fourth-order valence-electron chi connectivity index (χ4n) is 2.64. The van der Waals surface area contributed by atoms with E-state index < -0.39 is 0 Å². The number of rotatable bonds is 2. The van der Waals surface area contributed by atoms with Gasteiger partial charge >= 0.3 is 0 Å². The van der Waals surface area contributed by atoms with Crippen LogP contribution in [-0.4, -0.2) is 24.1 Å². The van der Waals surface area contributed by atoms with Gasteiger partial charge in [0.25, 0.3) is 0 Å². The number of anilines is 1. The summed E-state index contributed by atoms with van der Waals surface area (Å²) in [6.45, 7) is 4.34. The average molecular weight is 278 g/mol. The molecule has 19 heavy (non-hydrogen) atoms. The minimum atomic E-state index is 0. The number of nitrogens with zero attached hydrogens (tertiary/aromatic N) is 1. The van der Waals surface area contributed by atoms with Gasteiger partial charge in [0.05, 0.1) is 5.52 Å². The van der Waals surface area contributed by atoms with Crippen molar-refractivity contribution in [1.82, 2.24) is 10.3 Å². The molecule has 4 heteroatoms. The summed E-state index contributed by atoms with van der Waals surface area (Å²) in [5, 5.41) is 8.30. The zero-order valence-electron chi connectivity index (χ0n) is 11.1. The van der Waals surface area contributed by atoms with E-state index in [0.717, 1.165) is 18.6 Å². The van der Waals surface area contributed by atoms with Gasteiger partial charge in [-0.15, -0.1) is 12.4 Å². The Kier molecular flexibility index (Phi) is 4.61. The lowest BCUT2D eigenvalue weighted by Crippen LogP contribution is -2.35. The standard InChI is InChI=1S/C15H19N3.ClH/c1-11-3-2-4-13-14(7-10-17-15(11)13)18-12-5-8-16-9-6-12;/h2-4,7,10,12,16H,5-6,8-9H2,1H3,(H,17,18);1H. The van der Waals surface area contributed by atoms with E-state index in [4.69, 9.17) is 0 Å². The van der Waals surface area contributed by atoms with Gasteiger partial charge in [0.1, 0.15) is 0 Å². The first kappa shape index (κ1) is 14.1. The number of benzene rings is 1. The first-order valence-electron chi connectivity index (χ1n) is 6.66. The van der Waals surface area contributed by atoms with E-state index in [1.165, 1.54) is 29.5 Å². The van der Waals surface area contributed by atoms with E-state index in [-0.39, 0.29) is 12.4 Å². The van der Waals surface area contributed by atoms with Gasteiger partial charge in [-0.2, -0.15) is 0 Å². The van der Waals surface area contributed by atoms with Crippen LogP contribution in [-0.2, 0) is 0 Å². The summed E-state index contributed by atoms with van der Waals surface area (Å²) in [6.07, 6.45) is 4.28. The Bertz CT molecular complexity index is 550. The number of hydrogen-bond donors (Lipinski definition) is 2. The number of nitrogens with one attached hydrogen (secondary N) is 2. The topological polar surface area (TPSA) is 37.0 Å². The normalized spacial score (nSPS) is 16.1. The highest BCUT2D eigenvalue weighted by Gasteiger charge is 2.13. The lowest BCUT2D eigenvalue weighted by molar-refractivity contribution is 0.479. The predicted octanol–water partition coefficient (Wildman–Crippen LogP) is 3.13. The van der Waals surface area contributed by atoms with Crippen LogP contribution in [0.3, 0.4) is 0 Å². The van der Waals surface area contributed by atoms with Crippen molar-refractivity contribution in [1.29, 1.82) is 0 Å². The van der Waals surface area contributed by atoms with Gasteiger partial charge in [-0.05, 0) is 44.5 Å². The van der Waals surface area contributed by atoms with E-state index in [1.54, 1.807) is 0 Å². The first-order valence-corrected chi connectivity index (χ1v) is 6.66. The quantitative estimate of drug-likeness (QED) is 0.886. The molecule has 1 aromatic carbocycles. The first-order chi connectivity index (χ1) is 8.84. The zero-order valence-corrected chi connectivity index (χ0v) is 12.0. The van der Waals surface area contributed by atoms with Crippen LogP contribution in [0.2, 0.25) is 0 Å². The molecule has 2 aromatic rings. The summed E-state index contributed by atoms with van der Waals surface area (Å²) in [5.41, 5.74) is 3.56. The fraction of sp³-hybridized carbons (Fsp3) is 0.400. The smallest absolute Gasteiger partial charge is 0.0751 e. The van der Waals surface area contributed by atoms with Crippen molar-refractivity contribution in [3.63, 3.8) is 0 Å². The molecular formula is C15H20ClN3. The second kappa shape index (κ2) is 6.22. The van der Waals surface area contributed by atoms with Gasteiger partial charge in [-0.1, -0.05) is 18.2 Å². The summed E-state index contributed by atoms with van der Waals surface area (Å²) in [5.74, 6) is 0. The molecule has 0 radical (unpaired) electrons. The second-order valence-electron chi connectivity index (χ2n) is 5.00. The van der Waals surface area contributed by atoms with Gasteiger partial charge in [0.15, 0.2) is 0 Å². The molecule has 0 amide bonds. The predicted molar refractivity (Wildman–Crippen MR) is 83.2 cm³/mol. The van der Waals surface area contributed by atoms with Crippen LogP contribution in [0, 0.1) is 6.92 Å². The van der Waals surface area contributed by atoms with Crippen molar-refractivity contribution in [3.05, 3.63) is 36.0 Å². The van der Waals surface area contributed by atoms with Crippen LogP contribution in [0.5, 0.6) is 0 Å². The Morgan fingerprint density at radius 2 is 2.00 bits per heavy atom. The molecule has 0 bridgehead atoms. The highest BCUT2D eigenvalue weighted by molar-refractivity contribution is 5.92. The van der Waals surface area contributed by atoms with E-state index in [9.17, 15) is 0 Å². The lowest BCUT2D eigenvalue weighted by atomic mass is 10.0. The van der Waals surface area contributed by atoms with Gasteiger partial charge in [-0.25, -0.2) is 0 Å². The van der Waals surface area contributed by atoms with Crippen LogP contribution in [0.15, 0.2) is 30.5 Å². The minimum absolute atomic E-state index is 0. The van der Waals surface area contributed by atoms with Gasteiger partial charge in [0.2, 0.25) is 0 Å². The molecule has 3 nitrogen and oxygen atoms in total. The third-order valence-electron chi connectivity index (χ3n) is 3.67. The maximum atomic E-state index is 4.48.